The van der Waals surface area contributed by atoms with Crippen LogP contribution in [0.2, 0.25) is 0 Å². The number of benzene rings is 2. The molecule has 0 atom stereocenters. The van der Waals surface area contributed by atoms with Gasteiger partial charge in [0.05, 0.1) is 6.61 Å². The molecule has 110 valence electrons. The Hall–Kier alpha value is -2.29. The molecular formula is C18H21NO2. The minimum Gasteiger partial charge on any atom is -0.466 e. The maximum atomic E-state index is 11.3. The maximum absolute atomic E-state index is 11.3. The van der Waals surface area contributed by atoms with Crippen molar-refractivity contribution in [2.24, 2.45) is 0 Å². The summed E-state index contributed by atoms with van der Waals surface area (Å²) in [5.74, 6) is -0.128. The van der Waals surface area contributed by atoms with Crippen LogP contribution in [0.15, 0.2) is 48.5 Å². The number of ether oxygens (including phenoxy) is 1. The highest BCUT2D eigenvalue weighted by Crippen LogP contribution is 2.27. The van der Waals surface area contributed by atoms with Crippen molar-refractivity contribution in [3.05, 3.63) is 54.1 Å². The molecule has 0 aliphatic carbocycles. The number of rotatable bonds is 6. The highest BCUT2D eigenvalue weighted by Gasteiger charge is 2.06. The first-order valence-corrected chi connectivity index (χ1v) is 7.30. The molecule has 2 rings (SSSR count). The first kappa shape index (κ1) is 15.1. The van der Waals surface area contributed by atoms with E-state index in [0.29, 0.717) is 13.0 Å². The summed E-state index contributed by atoms with van der Waals surface area (Å²) in [5, 5.41) is 0. The smallest absolute Gasteiger partial charge is 0.305 e. The van der Waals surface area contributed by atoms with Crippen LogP contribution in [0.4, 0.5) is 5.69 Å². The molecule has 0 aromatic heterocycles. The van der Waals surface area contributed by atoms with Crippen molar-refractivity contribution in [1.82, 2.24) is 0 Å². The Kier molecular flexibility index (Phi) is 5.38. The van der Waals surface area contributed by atoms with Gasteiger partial charge in [0, 0.05) is 17.7 Å². The monoisotopic (exact) mass is 283 g/mol. The maximum Gasteiger partial charge on any atom is 0.305 e. The molecule has 0 bridgehead atoms. The summed E-state index contributed by atoms with van der Waals surface area (Å²) < 4.78 is 4.93. The molecule has 0 heterocycles. The molecule has 0 radical (unpaired) electrons. The van der Waals surface area contributed by atoms with Crippen molar-refractivity contribution in [2.45, 2.75) is 26.2 Å². The second-order valence-electron chi connectivity index (χ2n) is 4.95. The van der Waals surface area contributed by atoms with E-state index in [4.69, 9.17) is 10.5 Å². The van der Waals surface area contributed by atoms with E-state index in [1.54, 1.807) is 0 Å². The topological polar surface area (TPSA) is 52.3 Å². The van der Waals surface area contributed by atoms with E-state index >= 15 is 0 Å². The number of hydrogen-bond donors (Lipinski definition) is 1. The molecule has 0 saturated carbocycles. The van der Waals surface area contributed by atoms with Crippen molar-refractivity contribution < 1.29 is 9.53 Å². The minimum absolute atomic E-state index is 0.128. The zero-order valence-electron chi connectivity index (χ0n) is 12.3. The fourth-order valence-electron chi connectivity index (χ4n) is 2.30. The molecular weight excluding hydrogens is 262 g/mol. The molecule has 2 aromatic rings. The Bertz CT molecular complexity index is 593. The van der Waals surface area contributed by atoms with Crippen molar-refractivity contribution >= 4 is 11.7 Å². The predicted octanol–water partition coefficient (Wildman–Crippen LogP) is 3.82. The van der Waals surface area contributed by atoms with E-state index in [1.807, 2.05) is 49.4 Å². The summed E-state index contributed by atoms with van der Waals surface area (Å²) in [7, 11) is 0. The number of carbonyl (C=O) groups is 1. The molecule has 0 spiro atoms. The summed E-state index contributed by atoms with van der Waals surface area (Å²) in [4.78, 5) is 11.3. The number of nitrogens with two attached hydrogens (primary N) is 1. The molecule has 3 heteroatoms. The third-order valence-corrected chi connectivity index (χ3v) is 3.35. The number of nitrogen functional groups attached to an aromatic ring is 1. The molecule has 0 aliphatic rings. The van der Waals surface area contributed by atoms with Crippen LogP contribution in [-0.2, 0) is 16.0 Å². The number of hydrogen-bond acceptors (Lipinski definition) is 3. The molecule has 0 saturated heterocycles. The third-order valence-electron chi connectivity index (χ3n) is 3.35. The lowest BCUT2D eigenvalue weighted by atomic mass is 9.99. The molecule has 3 nitrogen and oxygen atoms in total. The van der Waals surface area contributed by atoms with Gasteiger partial charge in [0.2, 0.25) is 0 Å². The van der Waals surface area contributed by atoms with Crippen LogP contribution in [-0.4, -0.2) is 12.6 Å². The van der Waals surface area contributed by atoms with E-state index < -0.39 is 0 Å². The van der Waals surface area contributed by atoms with E-state index in [1.165, 1.54) is 5.56 Å². The lowest BCUT2D eigenvalue weighted by molar-refractivity contribution is -0.143. The zero-order valence-corrected chi connectivity index (χ0v) is 12.3. The second kappa shape index (κ2) is 7.48. The second-order valence-corrected chi connectivity index (χ2v) is 4.95. The van der Waals surface area contributed by atoms with Gasteiger partial charge in [0.25, 0.3) is 0 Å². The van der Waals surface area contributed by atoms with Crippen LogP contribution in [0.1, 0.15) is 25.3 Å². The summed E-state index contributed by atoms with van der Waals surface area (Å²) in [6, 6.07) is 16.2. The zero-order chi connectivity index (χ0) is 15.1. The number of aryl methyl sites for hydroxylation is 1. The van der Waals surface area contributed by atoms with Crippen LogP contribution in [0, 0.1) is 0 Å². The predicted molar refractivity (Wildman–Crippen MR) is 85.9 cm³/mol. The van der Waals surface area contributed by atoms with Gasteiger partial charge in [-0.05, 0) is 43.0 Å². The van der Waals surface area contributed by atoms with Crippen LogP contribution in [0.5, 0.6) is 0 Å². The minimum atomic E-state index is -0.128. The van der Waals surface area contributed by atoms with Gasteiger partial charge in [-0.25, -0.2) is 0 Å². The number of carbonyl (C=O) groups excluding carboxylic acids is 1. The Balaban J connectivity index is 2.04. The third kappa shape index (κ3) is 4.35. The largest absolute Gasteiger partial charge is 0.466 e. The van der Waals surface area contributed by atoms with E-state index in [2.05, 4.69) is 6.07 Å². The molecule has 0 amide bonds. The molecule has 2 aromatic carbocycles. The van der Waals surface area contributed by atoms with Crippen molar-refractivity contribution in [2.75, 3.05) is 12.3 Å². The summed E-state index contributed by atoms with van der Waals surface area (Å²) in [5.41, 5.74) is 10.2. The first-order chi connectivity index (χ1) is 10.2. The van der Waals surface area contributed by atoms with Gasteiger partial charge in [-0.2, -0.15) is 0 Å². The summed E-state index contributed by atoms with van der Waals surface area (Å²) in [6.45, 7) is 2.27. The van der Waals surface area contributed by atoms with Crippen LogP contribution in [0.25, 0.3) is 11.1 Å². The molecule has 21 heavy (non-hydrogen) atoms. The number of esters is 1. The Morgan fingerprint density at radius 2 is 1.90 bits per heavy atom. The Morgan fingerprint density at radius 3 is 2.62 bits per heavy atom. The quantitative estimate of drug-likeness (QED) is 0.647. The summed E-state index contributed by atoms with van der Waals surface area (Å²) in [6.07, 6.45) is 2.09. The highest BCUT2D eigenvalue weighted by molar-refractivity contribution is 5.76. The average Bonchev–Trinajstić information content (AvgIpc) is 2.50. The van der Waals surface area contributed by atoms with Gasteiger partial charge in [-0.3, -0.25) is 4.79 Å². The average molecular weight is 283 g/mol. The van der Waals surface area contributed by atoms with Crippen molar-refractivity contribution in [1.29, 1.82) is 0 Å². The van der Waals surface area contributed by atoms with Crippen LogP contribution < -0.4 is 5.73 Å². The highest BCUT2D eigenvalue weighted by atomic mass is 16.5. The summed E-state index contributed by atoms with van der Waals surface area (Å²) >= 11 is 0. The van der Waals surface area contributed by atoms with Gasteiger partial charge in [-0.15, -0.1) is 0 Å². The van der Waals surface area contributed by atoms with Gasteiger partial charge in [0.1, 0.15) is 0 Å². The van der Waals surface area contributed by atoms with Gasteiger partial charge in [-0.1, -0.05) is 36.4 Å². The molecule has 0 fully saturated rings. The fourth-order valence-corrected chi connectivity index (χ4v) is 2.30. The van der Waals surface area contributed by atoms with Gasteiger partial charge >= 0.3 is 5.97 Å². The van der Waals surface area contributed by atoms with Gasteiger partial charge < -0.3 is 10.5 Å². The van der Waals surface area contributed by atoms with Crippen LogP contribution in [0.3, 0.4) is 0 Å². The van der Waals surface area contributed by atoms with Crippen molar-refractivity contribution in [3.8, 4) is 11.1 Å². The van der Waals surface area contributed by atoms with E-state index in [0.717, 1.165) is 29.7 Å². The lowest BCUT2D eigenvalue weighted by Crippen LogP contribution is -2.04. The standard InChI is InChI=1S/C18H21NO2/c1-2-21-18(20)10-6-7-14-11-12-17(19)16(13-14)15-8-4-3-5-9-15/h3-5,8-9,11-13H,2,6-7,10,19H2,1H3. The number of anilines is 1. The van der Waals surface area contributed by atoms with Gasteiger partial charge in [0.15, 0.2) is 0 Å². The van der Waals surface area contributed by atoms with E-state index in [9.17, 15) is 4.79 Å². The molecule has 0 aliphatic heterocycles. The normalized spacial score (nSPS) is 10.3. The van der Waals surface area contributed by atoms with Crippen molar-refractivity contribution in [3.63, 3.8) is 0 Å². The Morgan fingerprint density at radius 1 is 1.14 bits per heavy atom. The van der Waals surface area contributed by atoms with E-state index in [-0.39, 0.29) is 5.97 Å². The first-order valence-electron chi connectivity index (χ1n) is 7.30. The fraction of sp³-hybridized carbons (Fsp3) is 0.278. The molecule has 0 unspecified atom stereocenters. The Labute approximate surface area is 125 Å². The lowest BCUT2D eigenvalue weighted by Gasteiger charge is -2.09. The van der Waals surface area contributed by atoms with Crippen LogP contribution >= 0.6 is 0 Å². The molecule has 2 N–H and O–H groups in total. The SMILES string of the molecule is CCOC(=O)CCCc1ccc(N)c(-c2ccccc2)c1.